The molecule has 2 aromatic heterocycles. The second-order valence-corrected chi connectivity index (χ2v) is 6.64. The molecule has 19 heavy (non-hydrogen) atoms. The lowest BCUT2D eigenvalue weighted by molar-refractivity contribution is 0.390. The maximum atomic E-state index is 12.3. The molecule has 0 atom stereocenters. The van der Waals surface area contributed by atoms with Crippen molar-refractivity contribution in [3.8, 4) is 0 Å². The van der Waals surface area contributed by atoms with E-state index in [2.05, 4.69) is 30.8 Å². The molecule has 0 aliphatic heterocycles. The van der Waals surface area contributed by atoms with Crippen LogP contribution in [0.4, 0.5) is 5.69 Å². The molecule has 0 bridgehead atoms. The molecule has 2 heterocycles. The lowest BCUT2D eigenvalue weighted by Crippen LogP contribution is -2.15. The summed E-state index contributed by atoms with van der Waals surface area (Å²) in [5, 5.41) is 3.67. The number of aromatic nitrogens is 2. The average molecular weight is 367 g/mol. The highest BCUT2D eigenvalue weighted by Crippen LogP contribution is 2.27. The maximum absolute atomic E-state index is 12.3. The van der Waals surface area contributed by atoms with Crippen molar-refractivity contribution in [2.45, 2.75) is 18.7 Å². The summed E-state index contributed by atoms with van der Waals surface area (Å²) in [5.74, 6) is 0.212. The lowest BCUT2D eigenvalue weighted by atomic mass is 10.4. The molecule has 0 saturated carbocycles. The van der Waals surface area contributed by atoms with Gasteiger partial charge < -0.3 is 4.52 Å². The average Bonchev–Trinajstić information content (AvgIpc) is 2.64. The zero-order valence-electron chi connectivity index (χ0n) is 9.94. The topological polar surface area (TPSA) is 85.1 Å². The van der Waals surface area contributed by atoms with Crippen molar-refractivity contribution >= 4 is 43.2 Å². The van der Waals surface area contributed by atoms with Gasteiger partial charge in [-0.2, -0.15) is 0 Å². The van der Waals surface area contributed by atoms with Crippen molar-refractivity contribution in [2.75, 3.05) is 4.72 Å². The maximum Gasteiger partial charge on any atom is 0.267 e. The number of nitrogens with one attached hydrogen (secondary N) is 1. The number of rotatable bonds is 3. The van der Waals surface area contributed by atoms with Crippen LogP contribution in [0.2, 0.25) is 5.15 Å². The van der Waals surface area contributed by atoms with Crippen molar-refractivity contribution in [1.82, 2.24) is 10.1 Å². The smallest absolute Gasteiger partial charge is 0.267 e. The molecule has 102 valence electrons. The first kappa shape index (κ1) is 14.3. The first-order valence-electron chi connectivity index (χ1n) is 5.08. The molecule has 0 radical (unpaired) electrons. The van der Waals surface area contributed by atoms with E-state index in [1.54, 1.807) is 6.92 Å². The number of aryl methyl sites for hydroxylation is 2. The number of nitrogens with zero attached hydrogens (tertiary/aromatic N) is 2. The van der Waals surface area contributed by atoms with Gasteiger partial charge in [0.15, 0.2) is 15.8 Å². The van der Waals surface area contributed by atoms with Crippen molar-refractivity contribution in [3.63, 3.8) is 0 Å². The van der Waals surface area contributed by atoms with E-state index in [4.69, 9.17) is 16.1 Å². The number of anilines is 1. The summed E-state index contributed by atoms with van der Waals surface area (Å²) in [6.07, 6.45) is 1.47. The molecule has 0 saturated heterocycles. The number of pyridine rings is 1. The Hall–Kier alpha value is -1.12. The number of hydrogen-bond donors (Lipinski definition) is 1. The van der Waals surface area contributed by atoms with E-state index in [1.165, 1.54) is 19.2 Å². The van der Waals surface area contributed by atoms with E-state index in [1.807, 2.05) is 0 Å². The van der Waals surface area contributed by atoms with Gasteiger partial charge in [0.2, 0.25) is 0 Å². The molecule has 1 N–H and O–H groups in total. The molecule has 0 fully saturated rings. The van der Waals surface area contributed by atoms with Crippen LogP contribution in [-0.4, -0.2) is 18.6 Å². The van der Waals surface area contributed by atoms with Crippen LogP contribution in [0.25, 0.3) is 0 Å². The highest BCUT2D eigenvalue weighted by molar-refractivity contribution is 9.10. The predicted molar refractivity (Wildman–Crippen MR) is 73.7 cm³/mol. The Morgan fingerprint density at radius 3 is 2.68 bits per heavy atom. The number of halogens is 2. The van der Waals surface area contributed by atoms with E-state index >= 15 is 0 Å². The van der Waals surface area contributed by atoms with Gasteiger partial charge in [-0.1, -0.05) is 16.8 Å². The van der Waals surface area contributed by atoms with Crippen molar-refractivity contribution in [1.29, 1.82) is 0 Å². The minimum atomic E-state index is -3.82. The molecule has 6 nitrogen and oxygen atoms in total. The van der Waals surface area contributed by atoms with Gasteiger partial charge in [-0.05, 0) is 35.8 Å². The van der Waals surface area contributed by atoms with E-state index in [9.17, 15) is 8.42 Å². The van der Waals surface area contributed by atoms with Gasteiger partial charge in [0.05, 0.1) is 5.69 Å². The summed E-state index contributed by atoms with van der Waals surface area (Å²) in [6, 6.07) is 1.52. The Morgan fingerprint density at radius 2 is 2.11 bits per heavy atom. The quantitative estimate of drug-likeness (QED) is 0.844. The van der Waals surface area contributed by atoms with Crippen LogP contribution in [0.3, 0.4) is 0 Å². The van der Waals surface area contributed by atoms with Crippen LogP contribution in [0.15, 0.2) is 26.2 Å². The van der Waals surface area contributed by atoms with E-state index in [0.717, 1.165) is 0 Å². The first-order valence-corrected chi connectivity index (χ1v) is 7.73. The molecule has 0 aliphatic carbocycles. The second kappa shape index (κ2) is 5.10. The fourth-order valence-corrected chi connectivity index (χ4v) is 3.48. The van der Waals surface area contributed by atoms with Crippen molar-refractivity contribution < 1.29 is 12.9 Å². The highest BCUT2D eigenvalue weighted by atomic mass is 79.9. The van der Waals surface area contributed by atoms with Crippen LogP contribution >= 0.6 is 27.5 Å². The predicted octanol–water partition coefficient (Wildman–Crippen LogP) is 2.90. The summed E-state index contributed by atoms with van der Waals surface area (Å²) < 4.78 is 32.3. The Balaban J connectivity index is 2.45. The van der Waals surface area contributed by atoms with Crippen LogP contribution in [0, 0.1) is 13.8 Å². The third-order valence-electron chi connectivity index (χ3n) is 2.29. The van der Waals surface area contributed by atoms with E-state index < -0.39 is 10.0 Å². The summed E-state index contributed by atoms with van der Waals surface area (Å²) in [7, 11) is -3.82. The highest BCUT2D eigenvalue weighted by Gasteiger charge is 2.25. The van der Waals surface area contributed by atoms with Gasteiger partial charge in [-0.15, -0.1) is 0 Å². The molecule has 2 aromatic rings. The Kier molecular flexibility index (Phi) is 3.84. The molecule has 0 amide bonds. The summed E-state index contributed by atoms with van der Waals surface area (Å²) in [6.45, 7) is 3.07. The molecule has 2 rings (SSSR count). The molecular weight excluding hydrogens is 358 g/mol. The van der Waals surface area contributed by atoms with Gasteiger partial charge in [-0.25, -0.2) is 13.4 Å². The van der Waals surface area contributed by atoms with E-state index in [-0.39, 0.29) is 27.2 Å². The van der Waals surface area contributed by atoms with Gasteiger partial charge in [-0.3, -0.25) is 4.72 Å². The summed E-state index contributed by atoms with van der Waals surface area (Å²) >= 11 is 9.04. The van der Waals surface area contributed by atoms with E-state index in [0.29, 0.717) is 4.47 Å². The third kappa shape index (κ3) is 2.90. The summed E-state index contributed by atoms with van der Waals surface area (Å²) in [5.41, 5.74) is 0.458. The fraction of sp³-hybridized carbons (Fsp3) is 0.200. The van der Waals surface area contributed by atoms with Gasteiger partial charge in [0.1, 0.15) is 5.69 Å². The minimum absolute atomic E-state index is 0.00328. The van der Waals surface area contributed by atoms with Gasteiger partial charge >= 0.3 is 0 Å². The fourth-order valence-electron chi connectivity index (χ4n) is 1.55. The van der Waals surface area contributed by atoms with Crippen LogP contribution < -0.4 is 4.72 Å². The van der Waals surface area contributed by atoms with Crippen molar-refractivity contribution in [2.24, 2.45) is 0 Å². The zero-order chi connectivity index (χ0) is 14.2. The van der Waals surface area contributed by atoms with Gasteiger partial charge in [0.25, 0.3) is 10.0 Å². The van der Waals surface area contributed by atoms with Crippen LogP contribution in [0.1, 0.15) is 11.5 Å². The second-order valence-electron chi connectivity index (χ2n) is 3.75. The molecule has 0 aliphatic rings. The van der Waals surface area contributed by atoms with Crippen LogP contribution in [0.5, 0.6) is 0 Å². The number of hydrogen-bond acceptors (Lipinski definition) is 5. The Bertz CT molecular complexity index is 710. The normalized spacial score (nSPS) is 11.6. The molecule has 9 heteroatoms. The summed E-state index contributed by atoms with van der Waals surface area (Å²) in [4.78, 5) is 3.84. The standard InChI is InChI=1S/C10H9BrClN3O3S/c1-5-9(6(2)18-14-5)19(16,17)15-8-3-7(11)4-13-10(8)12/h3-4,15H,1-2H3. The van der Waals surface area contributed by atoms with Crippen LogP contribution in [-0.2, 0) is 10.0 Å². The Morgan fingerprint density at radius 1 is 1.42 bits per heavy atom. The minimum Gasteiger partial charge on any atom is -0.360 e. The molecule has 0 unspecified atom stereocenters. The number of sulfonamides is 1. The Labute approximate surface area is 123 Å². The molecule has 0 aromatic carbocycles. The third-order valence-corrected chi connectivity index (χ3v) is 4.63. The first-order chi connectivity index (χ1) is 8.81. The lowest BCUT2D eigenvalue weighted by Gasteiger charge is -2.08. The van der Waals surface area contributed by atoms with Crippen molar-refractivity contribution in [3.05, 3.63) is 33.3 Å². The van der Waals surface area contributed by atoms with Gasteiger partial charge in [0, 0.05) is 10.7 Å². The monoisotopic (exact) mass is 365 g/mol. The zero-order valence-corrected chi connectivity index (χ0v) is 13.1. The largest absolute Gasteiger partial charge is 0.360 e. The molecule has 0 spiro atoms. The molecular formula is C10H9BrClN3O3S. The SMILES string of the molecule is Cc1noc(C)c1S(=O)(=O)Nc1cc(Br)cnc1Cl.